The van der Waals surface area contributed by atoms with Crippen molar-refractivity contribution in [1.82, 2.24) is 10.2 Å². The molecule has 2 aliphatic rings. The van der Waals surface area contributed by atoms with E-state index in [1.54, 1.807) is 0 Å². The first-order valence-corrected chi connectivity index (χ1v) is 7.47. The van der Waals surface area contributed by atoms with Crippen molar-refractivity contribution in [2.45, 2.75) is 58.4 Å². The zero-order valence-electron chi connectivity index (χ0n) is 12.2. The predicted octanol–water partition coefficient (Wildman–Crippen LogP) is 2.41. The molecular formula is C15H28N2O. The normalized spacial score (nSPS) is 28.9. The summed E-state index contributed by atoms with van der Waals surface area (Å²) in [7, 11) is 2.01. The molecule has 0 aromatic heterocycles. The molecule has 104 valence electrons. The van der Waals surface area contributed by atoms with Gasteiger partial charge in [-0.15, -0.1) is 0 Å². The molecule has 1 heterocycles. The van der Waals surface area contributed by atoms with Gasteiger partial charge in [0, 0.05) is 19.6 Å². The number of nitrogens with zero attached hydrogens (tertiary/aromatic N) is 1. The number of carbonyl (C=O) groups is 1. The van der Waals surface area contributed by atoms with Crippen molar-refractivity contribution in [3.8, 4) is 0 Å². The van der Waals surface area contributed by atoms with E-state index >= 15 is 0 Å². The minimum Gasteiger partial charge on any atom is -0.342 e. The molecule has 2 rings (SSSR count). The van der Waals surface area contributed by atoms with Gasteiger partial charge in [0.05, 0.1) is 5.92 Å². The van der Waals surface area contributed by atoms with E-state index in [-0.39, 0.29) is 5.92 Å². The van der Waals surface area contributed by atoms with Crippen LogP contribution >= 0.6 is 0 Å². The van der Waals surface area contributed by atoms with Gasteiger partial charge in [-0.1, -0.05) is 13.8 Å². The van der Waals surface area contributed by atoms with Gasteiger partial charge in [-0.3, -0.25) is 4.79 Å². The van der Waals surface area contributed by atoms with Gasteiger partial charge < -0.3 is 10.2 Å². The summed E-state index contributed by atoms with van der Waals surface area (Å²) in [6, 6.07) is 0.479. The Morgan fingerprint density at radius 2 is 1.89 bits per heavy atom. The second-order valence-electron chi connectivity index (χ2n) is 6.89. The highest BCUT2D eigenvalue weighted by atomic mass is 16.2. The molecule has 1 aliphatic heterocycles. The maximum absolute atomic E-state index is 12.4. The number of piperidine rings is 1. The van der Waals surface area contributed by atoms with Crippen molar-refractivity contribution >= 4 is 5.91 Å². The average Bonchev–Trinajstić information content (AvgIpc) is 2.38. The fraction of sp³-hybridized carbons (Fsp3) is 0.933. The van der Waals surface area contributed by atoms with Crippen LogP contribution < -0.4 is 5.32 Å². The molecule has 2 fully saturated rings. The molecule has 3 heteroatoms. The number of hydrogen-bond donors (Lipinski definition) is 1. The summed E-state index contributed by atoms with van der Waals surface area (Å²) in [6.45, 7) is 6.64. The van der Waals surface area contributed by atoms with Crippen LogP contribution in [0.4, 0.5) is 0 Å². The maximum Gasteiger partial charge on any atom is 0.226 e. The first-order chi connectivity index (χ1) is 8.49. The first-order valence-electron chi connectivity index (χ1n) is 7.47. The minimum absolute atomic E-state index is 0.221. The van der Waals surface area contributed by atoms with E-state index in [0.29, 0.717) is 17.4 Å². The molecule has 0 radical (unpaired) electrons. The van der Waals surface area contributed by atoms with Crippen LogP contribution in [0.3, 0.4) is 0 Å². The quantitative estimate of drug-likeness (QED) is 0.818. The molecule has 18 heavy (non-hydrogen) atoms. The molecule has 1 amide bonds. The number of hydrogen-bond acceptors (Lipinski definition) is 2. The SMILES string of the molecule is CN(C(=O)[C@@H]1CCCNC1)C1CCC(C)(C)CC1. The molecule has 1 aliphatic carbocycles. The minimum atomic E-state index is 0.221. The van der Waals surface area contributed by atoms with Crippen molar-refractivity contribution in [2.24, 2.45) is 11.3 Å². The Morgan fingerprint density at radius 3 is 2.44 bits per heavy atom. The molecule has 0 aromatic carbocycles. The fourth-order valence-corrected chi connectivity index (χ4v) is 3.30. The smallest absolute Gasteiger partial charge is 0.226 e. The molecule has 0 spiro atoms. The number of amides is 1. The summed E-state index contributed by atoms with van der Waals surface area (Å²) in [5.74, 6) is 0.589. The van der Waals surface area contributed by atoms with E-state index in [4.69, 9.17) is 0 Å². The first kappa shape index (κ1) is 13.9. The maximum atomic E-state index is 12.4. The zero-order valence-corrected chi connectivity index (χ0v) is 12.2. The lowest BCUT2D eigenvalue weighted by molar-refractivity contribution is -0.137. The Morgan fingerprint density at radius 1 is 1.22 bits per heavy atom. The van der Waals surface area contributed by atoms with Crippen molar-refractivity contribution in [2.75, 3.05) is 20.1 Å². The second kappa shape index (κ2) is 5.60. The molecule has 3 nitrogen and oxygen atoms in total. The molecule has 0 unspecified atom stereocenters. The Hall–Kier alpha value is -0.570. The second-order valence-corrected chi connectivity index (χ2v) is 6.89. The Bertz CT molecular complexity index is 285. The van der Waals surface area contributed by atoms with E-state index in [2.05, 4.69) is 19.2 Å². The molecule has 1 atom stereocenters. The van der Waals surface area contributed by atoms with Crippen LogP contribution in [0.15, 0.2) is 0 Å². The monoisotopic (exact) mass is 252 g/mol. The van der Waals surface area contributed by atoms with E-state index in [0.717, 1.165) is 25.9 Å². The van der Waals surface area contributed by atoms with Crippen LogP contribution in [0.5, 0.6) is 0 Å². The lowest BCUT2D eigenvalue weighted by Crippen LogP contribution is -2.47. The van der Waals surface area contributed by atoms with E-state index < -0.39 is 0 Å². The van der Waals surface area contributed by atoms with Crippen LogP contribution in [0, 0.1) is 11.3 Å². The topological polar surface area (TPSA) is 32.3 Å². The molecule has 0 bridgehead atoms. The summed E-state index contributed by atoms with van der Waals surface area (Å²) < 4.78 is 0. The van der Waals surface area contributed by atoms with Crippen LogP contribution in [0.25, 0.3) is 0 Å². The van der Waals surface area contributed by atoms with Gasteiger partial charge in [0.25, 0.3) is 0 Å². The molecule has 1 N–H and O–H groups in total. The summed E-state index contributed by atoms with van der Waals surface area (Å²) in [5, 5.41) is 3.34. The van der Waals surface area contributed by atoms with Crippen molar-refractivity contribution in [3.05, 3.63) is 0 Å². The van der Waals surface area contributed by atoms with Gasteiger partial charge in [0.2, 0.25) is 5.91 Å². The van der Waals surface area contributed by atoms with Crippen LogP contribution in [-0.4, -0.2) is 37.0 Å². The molecule has 1 saturated carbocycles. The largest absolute Gasteiger partial charge is 0.342 e. The highest BCUT2D eigenvalue weighted by molar-refractivity contribution is 5.79. The molecule has 1 saturated heterocycles. The third kappa shape index (κ3) is 3.25. The van der Waals surface area contributed by atoms with Gasteiger partial charge in [-0.2, -0.15) is 0 Å². The van der Waals surface area contributed by atoms with E-state index in [1.165, 1.54) is 25.7 Å². The van der Waals surface area contributed by atoms with Crippen molar-refractivity contribution in [3.63, 3.8) is 0 Å². The van der Waals surface area contributed by atoms with Crippen LogP contribution in [0.1, 0.15) is 52.4 Å². The molecular weight excluding hydrogens is 224 g/mol. The Balaban J connectivity index is 1.87. The van der Waals surface area contributed by atoms with E-state index in [1.807, 2.05) is 11.9 Å². The van der Waals surface area contributed by atoms with Gasteiger partial charge >= 0.3 is 0 Å². The predicted molar refractivity (Wildman–Crippen MR) is 74.4 cm³/mol. The number of rotatable bonds is 2. The van der Waals surface area contributed by atoms with Crippen LogP contribution in [0.2, 0.25) is 0 Å². The summed E-state index contributed by atoms with van der Waals surface area (Å²) in [6.07, 6.45) is 7.05. The summed E-state index contributed by atoms with van der Waals surface area (Å²) in [4.78, 5) is 14.5. The van der Waals surface area contributed by atoms with E-state index in [9.17, 15) is 4.79 Å². The third-order valence-corrected chi connectivity index (χ3v) is 4.85. The fourth-order valence-electron chi connectivity index (χ4n) is 3.30. The van der Waals surface area contributed by atoms with Gasteiger partial charge in [-0.25, -0.2) is 0 Å². The number of nitrogens with one attached hydrogen (secondary N) is 1. The standard InChI is InChI=1S/C15H28N2O/c1-15(2)8-6-13(7-9-15)17(3)14(18)12-5-4-10-16-11-12/h12-13,16H,4-11H2,1-3H3/t12-/m1/s1. The Labute approximate surface area is 111 Å². The average molecular weight is 252 g/mol. The lowest BCUT2D eigenvalue weighted by atomic mass is 9.75. The van der Waals surface area contributed by atoms with Crippen LogP contribution in [-0.2, 0) is 4.79 Å². The zero-order chi connectivity index (χ0) is 13.2. The highest BCUT2D eigenvalue weighted by Gasteiger charge is 2.33. The van der Waals surface area contributed by atoms with Gasteiger partial charge in [0.15, 0.2) is 0 Å². The Kier molecular flexibility index (Phi) is 4.31. The lowest BCUT2D eigenvalue weighted by Gasteiger charge is -2.40. The van der Waals surface area contributed by atoms with Crippen molar-refractivity contribution < 1.29 is 4.79 Å². The third-order valence-electron chi connectivity index (χ3n) is 4.85. The highest BCUT2D eigenvalue weighted by Crippen LogP contribution is 2.37. The summed E-state index contributed by atoms with van der Waals surface area (Å²) in [5.41, 5.74) is 0.479. The van der Waals surface area contributed by atoms with Crippen molar-refractivity contribution in [1.29, 1.82) is 0 Å². The van der Waals surface area contributed by atoms with Gasteiger partial charge in [0.1, 0.15) is 0 Å². The van der Waals surface area contributed by atoms with Gasteiger partial charge in [-0.05, 0) is 50.5 Å². The molecule has 0 aromatic rings. The number of carbonyl (C=O) groups excluding carboxylic acids is 1. The summed E-state index contributed by atoms with van der Waals surface area (Å²) >= 11 is 0.